The molecule has 26 heavy (non-hydrogen) atoms. The summed E-state index contributed by atoms with van der Waals surface area (Å²) in [6.45, 7) is -0.0606. The summed E-state index contributed by atoms with van der Waals surface area (Å²) in [7, 11) is 1.59. The summed E-state index contributed by atoms with van der Waals surface area (Å²) >= 11 is 25.6. The number of hydrogen-bond acceptors (Lipinski definition) is 4. The molecule has 0 unspecified atom stereocenters. The first-order valence-corrected chi connectivity index (χ1v) is 9.61. The molecule has 5 nitrogen and oxygen atoms in total. The molecular weight excluding hydrogens is 442 g/mol. The van der Waals surface area contributed by atoms with E-state index in [4.69, 9.17) is 46.4 Å². The number of rotatable bonds is 4. The van der Waals surface area contributed by atoms with Gasteiger partial charge in [0.1, 0.15) is 6.54 Å². The zero-order valence-electron chi connectivity index (χ0n) is 13.2. The molecule has 0 bridgehead atoms. The Balaban J connectivity index is 1.85. The smallest absolute Gasteiger partial charge is 0.263 e. The summed E-state index contributed by atoms with van der Waals surface area (Å²) < 4.78 is 0. The van der Waals surface area contributed by atoms with E-state index in [9.17, 15) is 14.4 Å². The maximum atomic E-state index is 12.6. The Kier molecular flexibility index (Phi) is 5.51. The third-order valence-corrected chi connectivity index (χ3v) is 6.54. The van der Waals surface area contributed by atoms with Crippen LogP contribution in [0.4, 0.5) is 0 Å². The number of thiophene rings is 1. The molecule has 0 fully saturated rings. The fourth-order valence-corrected chi connectivity index (χ4v) is 4.29. The SMILES string of the molecule is CN(Cc1cccs1)C(=O)CN1C(=O)c2c(Cl)c(Cl)c(Cl)c(Cl)c2C1=O. The van der Waals surface area contributed by atoms with Crippen LogP contribution >= 0.6 is 57.7 Å². The second-order valence-corrected chi connectivity index (χ2v) is 8.08. The highest BCUT2D eigenvalue weighted by Gasteiger charge is 2.42. The molecule has 1 aromatic carbocycles. The van der Waals surface area contributed by atoms with E-state index in [-0.39, 0.29) is 31.2 Å². The van der Waals surface area contributed by atoms with Gasteiger partial charge in [0.05, 0.1) is 37.8 Å². The van der Waals surface area contributed by atoms with Crippen molar-refractivity contribution in [3.05, 3.63) is 53.6 Å². The molecule has 1 aromatic heterocycles. The summed E-state index contributed by atoms with van der Waals surface area (Å²) in [6.07, 6.45) is 0. The van der Waals surface area contributed by atoms with Crippen molar-refractivity contribution < 1.29 is 14.4 Å². The lowest BCUT2D eigenvalue weighted by Crippen LogP contribution is -2.40. The first-order chi connectivity index (χ1) is 12.2. The van der Waals surface area contributed by atoms with Crippen molar-refractivity contribution in [2.75, 3.05) is 13.6 Å². The lowest BCUT2D eigenvalue weighted by molar-refractivity contribution is -0.130. The molecular formula is C16H10Cl4N2O3S. The second kappa shape index (κ2) is 7.37. The van der Waals surface area contributed by atoms with Crippen LogP contribution in [0.2, 0.25) is 20.1 Å². The number of imide groups is 1. The summed E-state index contributed by atoms with van der Waals surface area (Å²) in [5.41, 5.74) is -0.269. The number of carbonyl (C=O) groups is 3. The molecule has 1 aliphatic rings. The normalized spacial score (nSPS) is 13.3. The summed E-state index contributed by atoms with van der Waals surface area (Å²) in [5, 5.41) is 1.37. The van der Waals surface area contributed by atoms with E-state index in [0.29, 0.717) is 6.54 Å². The number of halogens is 4. The van der Waals surface area contributed by atoms with Gasteiger partial charge >= 0.3 is 0 Å². The molecule has 3 amide bonds. The van der Waals surface area contributed by atoms with Crippen LogP contribution in [0.5, 0.6) is 0 Å². The van der Waals surface area contributed by atoms with Gasteiger partial charge in [-0.3, -0.25) is 19.3 Å². The highest BCUT2D eigenvalue weighted by molar-refractivity contribution is 7.09. The highest BCUT2D eigenvalue weighted by Crippen LogP contribution is 2.44. The quantitative estimate of drug-likeness (QED) is 0.387. The first-order valence-electron chi connectivity index (χ1n) is 7.22. The Morgan fingerprint density at radius 3 is 2.04 bits per heavy atom. The second-order valence-electron chi connectivity index (χ2n) is 5.53. The zero-order chi connectivity index (χ0) is 19.2. The molecule has 0 N–H and O–H groups in total. The predicted octanol–water partition coefficient (Wildman–Crippen LogP) is 4.62. The van der Waals surface area contributed by atoms with Gasteiger partial charge in [-0.1, -0.05) is 52.5 Å². The lowest BCUT2D eigenvalue weighted by Gasteiger charge is -2.20. The molecule has 10 heteroatoms. The predicted molar refractivity (Wildman–Crippen MR) is 103 cm³/mol. The van der Waals surface area contributed by atoms with Crippen molar-refractivity contribution >= 4 is 75.5 Å². The molecule has 0 radical (unpaired) electrons. The Morgan fingerprint density at radius 2 is 1.58 bits per heavy atom. The molecule has 3 rings (SSSR count). The Bertz CT molecular complexity index is 883. The van der Waals surface area contributed by atoms with Crippen LogP contribution in [0, 0.1) is 0 Å². The third kappa shape index (κ3) is 3.21. The number of fused-ring (bicyclic) bond motifs is 1. The van der Waals surface area contributed by atoms with Crippen molar-refractivity contribution in [2.24, 2.45) is 0 Å². The summed E-state index contributed by atoms with van der Waals surface area (Å²) in [4.78, 5) is 40.9. The van der Waals surface area contributed by atoms with Crippen LogP contribution in [-0.2, 0) is 11.3 Å². The minimum atomic E-state index is -0.728. The van der Waals surface area contributed by atoms with E-state index in [0.717, 1.165) is 9.78 Å². The molecule has 136 valence electrons. The fraction of sp³-hybridized carbons (Fsp3) is 0.188. The number of benzene rings is 1. The minimum Gasteiger partial charge on any atom is -0.339 e. The van der Waals surface area contributed by atoms with Crippen molar-refractivity contribution in [1.29, 1.82) is 0 Å². The van der Waals surface area contributed by atoms with Gasteiger partial charge in [-0.2, -0.15) is 0 Å². The summed E-state index contributed by atoms with van der Waals surface area (Å²) in [5.74, 6) is -1.86. The zero-order valence-corrected chi connectivity index (χ0v) is 17.0. The van der Waals surface area contributed by atoms with Gasteiger partial charge in [0.25, 0.3) is 11.8 Å². The van der Waals surface area contributed by atoms with E-state index in [2.05, 4.69) is 0 Å². The average Bonchev–Trinajstić information content (AvgIpc) is 3.19. The molecule has 0 atom stereocenters. The van der Waals surface area contributed by atoms with Gasteiger partial charge in [-0.05, 0) is 11.4 Å². The maximum Gasteiger partial charge on any atom is 0.263 e. The van der Waals surface area contributed by atoms with Gasteiger partial charge in [-0.15, -0.1) is 11.3 Å². The Morgan fingerprint density at radius 1 is 1.04 bits per heavy atom. The van der Waals surface area contributed by atoms with E-state index in [1.165, 1.54) is 16.2 Å². The van der Waals surface area contributed by atoms with Crippen molar-refractivity contribution in [3.63, 3.8) is 0 Å². The molecule has 1 aliphatic heterocycles. The van der Waals surface area contributed by atoms with Crippen LogP contribution in [0.1, 0.15) is 25.6 Å². The number of hydrogen-bond donors (Lipinski definition) is 0. The third-order valence-electron chi connectivity index (χ3n) is 3.88. The standard InChI is InChI=1S/C16H10Cl4N2O3S/c1-21(5-7-3-2-4-26-7)8(23)6-22-15(24)9-10(16(22)25)12(18)14(20)13(19)11(9)17/h2-4H,5-6H2,1H3. The molecule has 0 spiro atoms. The Labute approximate surface area is 173 Å². The van der Waals surface area contributed by atoms with Crippen molar-refractivity contribution in [3.8, 4) is 0 Å². The van der Waals surface area contributed by atoms with Crippen LogP contribution in [0.15, 0.2) is 17.5 Å². The molecule has 0 aliphatic carbocycles. The van der Waals surface area contributed by atoms with Gasteiger partial charge in [0.15, 0.2) is 0 Å². The van der Waals surface area contributed by atoms with Crippen LogP contribution in [-0.4, -0.2) is 41.1 Å². The highest BCUT2D eigenvalue weighted by atomic mass is 35.5. The van der Waals surface area contributed by atoms with Crippen LogP contribution in [0.3, 0.4) is 0 Å². The largest absolute Gasteiger partial charge is 0.339 e. The van der Waals surface area contributed by atoms with E-state index in [1.807, 2.05) is 17.5 Å². The first kappa shape index (κ1) is 19.5. The number of amides is 3. The summed E-state index contributed by atoms with van der Waals surface area (Å²) in [6, 6.07) is 3.76. The van der Waals surface area contributed by atoms with Gasteiger partial charge in [0.2, 0.25) is 5.91 Å². The molecule has 0 saturated heterocycles. The number of carbonyl (C=O) groups excluding carboxylic acids is 3. The van der Waals surface area contributed by atoms with Crippen LogP contribution in [0.25, 0.3) is 0 Å². The van der Waals surface area contributed by atoms with E-state index < -0.39 is 24.3 Å². The topological polar surface area (TPSA) is 57.7 Å². The molecule has 2 aromatic rings. The van der Waals surface area contributed by atoms with E-state index in [1.54, 1.807) is 7.05 Å². The van der Waals surface area contributed by atoms with E-state index >= 15 is 0 Å². The molecule has 0 saturated carbocycles. The number of nitrogens with zero attached hydrogens (tertiary/aromatic N) is 2. The van der Waals surface area contributed by atoms with Crippen molar-refractivity contribution in [1.82, 2.24) is 9.80 Å². The lowest BCUT2D eigenvalue weighted by atomic mass is 10.1. The average molecular weight is 452 g/mol. The monoisotopic (exact) mass is 450 g/mol. The van der Waals surface area contributed by atoms with Crippen LogP contribution < -0.4 is 0 Å². The molecule has 2 heterocycles. The minimum absolute atomic E-state index is 0.110. The Hall–Kier alpha value is -1.31. The van der Waals surface area contributed by atoms with Gasteiger partial charge in [0, 0.05) is 11.9 Å². The maximum absolute atomic E-state index is 12.6. The van der Waals surface area contributed by atoms with Gasteiger partial charge in [-0.25, -0.2) is 0 Å². The van der Waals surface area contributed by atoms with Gasteiger partial charge < -0.3 is 4.90 Å². The number of likely N-dealkylation sites (N-methyl/N-ethyl adjacent to an activating group) is 1. The fourth-order valence-electron chi connectivity index (χ4n) is 2.52. The van der Waals surface area contributed by atoms with Crippen molar-refractivity contribution in [2.45, 2.75) is 6.54 Å².